The zero-order valence-electron chi connectivity index (χ0n) is 10.2. The lowest BCUT2D eigenvalue weighted by Crippen LogP contribution is -2.25. The Balaban J connectivity index is 2.48. The fourth-order valence-corrected chi connectivity index (χ4v) is 2.06. The summed E-state index contributed by atoms with van der Waals surface area (Å²) >= 11 is 5.82. The van der Waals surface area contributed by atoms with E-state index in [1.807, 2.05) is 6.92 Å². The summed E-state index contributed by atoms with van der Waals surface area (Å²) in [5.41, 5.74) is 1.28. The van der Waals surface area contributed by atoms with Crippen molar-refractivity contribution >= 4 is 11.6 Å². The van der Waals surface area contributed by atoms with E-state index in [9.17, 15) is 4.39 Å². The summed E-state index contributed by atoms with van der Waals surface area (Å²) in [5.74, 6) is -0.411. The van der Waals surface area contributed by atoms with Crippen LogP contribution >= 0.6 is 11.6 Å². The molecular formula is C12H14ClFN4. The van der Waals surface area contributed by atoms with Gasteiger partial charge in [0.05, 0.1) is 23.0 Å². The molecule has 1 aromatic heterocycles. The predicted octanol–water partition coefficient (Wildman–Crippen LogP) is 2.31. The van der Waals surface area contributed by atoms with Gasteiger partial charge in [0.15, 0.2) is 0 Å². The summed E-state index contributed by atoms with van der Waals surface area (Å²) in [4.78, 5) is 0. The second-order valence-electron chi connectivity index (χ2n) is 3.92. The van der Waals surface area contributed by atoms with Crippen molar-refractivity contribution in [1.82, 2.24) is 20.3 Å². The first kappa shape index (κ1) is 13.0. The van der Waals surface area contributed by atoms with Crippen LogP contribution in [0, 0.1) is 5.82 Å². The molecule has 1 N–H and O–H groups in total. The van der Waals surface area contributed by atoms with Gasteiger partial charge in [-0.1, -0.05) is 35.9 Å². The van der Waals surface area contributed by atoms with Gasteiger partial charge in [-0.05, 0) is 12.6 Å². The van der Waals surface area contributed by atoms with Gasteiger partial charge < -0.3 is 5.32 Å². The molecule has 0 aliphatic carbocycles. The van der Waals surface area contributed by atoms with Crippen LogP contribution in [0.1, 0.15) is 24.2 Å². The van der Waals surface area contributed by atoms with Gasteiger partial charge in [0, 0.05) is 12.6 Å². The molecule has 1 heterocycles. The quantitative estimate of drug-likeness (QED) is 0.925. The predicted molar refractivity (Wildman–Crippen MR) is 67.9 cm³/mol. The summed E-state index contributed by atoms with van der Waals surface area (Å²) in [6, 6.07) is 4.66. The molecule has 0 saturated heterocycles. The van der Waals surface area contributed by atoms with Crippen LogP contribution in [-0.2, 0) is 7.05 Å². The zero-order valence-corrected chi connectivity index (χ0v) is 10.9. The Hall–Kier alpha value is -1.46. The van der Waals surface area contributed by atoms with Crippen molar-refractivity contribution in [2.24, 2.45) is 7.05 Å². The topological polar surface area (TPSA) is 42.7 Å². The van der Waals surface area contributed by atoms with Crippen molar-refractivity contribution in [2.45, 2.75) is 13.0 Å². The normalized spacial score (nSPS) is 12.7. The number of halogens is 2. The second-order valence-corrected chi connectivity index (χ2v) is 4.32. The minimum Gasteiger partial charge on any atom is -0.305 e. The monoisotopic (exact) mass is 268 g/mol. The maximum atomic E-state index is 14.1. The lowest BCUT2D eigenvalue weighted by molar-refractivity contribution is 0.530. The number of aromatic nitrogens is 3. The van der Waals surface area contributed by atoms with Crippen molar-refractivity contribution < 1.29 is 4.39 Å². The van der Waals surface area contributed by atoms with Crippen LogP contribution in [0.2, 0.25) is 5.02 Å². The van der Waals surface area contributed by atoms with Gasteiger partial charge in [0.1, 0.15) is 5.82 Å². The standard InChI is InChI=1S/C12H14ClFN4/c1-3-15-12(10-7-16-17-18(10)2)8-5-4-6-9(13)11(8)14/h4-7,12,15H,3H2,1-2H3. The first-order valence-electron chi connectivity index (χ1n) is 5.67. The third-order valence-electron chi connectivity index (χ3n) is 2.75. The van der Waals surface area contributed by atoms with E-state index in [1.165, 1.54) is 6.07 Å². The highest BCUT2D eigenvalue weighted by molar-refractivity contribution is 6.30. The molecule has 0 aliphatic rings. The van der Waals surface area contributed by atoms with Gasteiger partial charge in [0.25, 0.3) is 0 Å². The summed E-state index contributed by atoms with van der Waals surface area (Å²) in [7, 11) is 1.77. The van der Waals surface area contributed by atoms with Crippen LogP contribution in [-0.4, -0.2) is 21.5 Å². The van der Waals surface area contributed by atoms with Gasteiger partial charge in [-0.2, -0.15) is 0 Å². The van der Waals surface area contributed by atoms with Crippen LogP contribution in [0.3, 0.4) is 0 Å². The molecule has 1 atom stereocenters. The molecule has 0 aliphatic heterocycles. The molecule has 0 spiro atoms. The summed E-state index contributed by atoms with van der Waals surface area (Å²) < 4.78 is 15.7. The van der Waals surface area contributed by atoms with Crippen LogP contribution in [0.4, 0.5) is 4.39 Å². The van der Waals surface area contributed by atoms with E-state index in [-0.39, 0.29) is 11.1 Å². The molecule has 0 saturated carbocycles. The zero-order chi connectivity index (χ0) is 13.1. The molecule has 0 radical (unpaired) electrons. The Morgan fingerprint density at radius 2 is 2.28 bits per heavy atom. The Labute approximate surface area is 110 Å². The minimum atomic E-state index is -0.411. The average molecular weight is 269 g/mol. The van der Waals surface area contributed by atoms with Crippen LogP contribution in [0.5, 0.6) is 0 Å². The number of aryl methyl sites for hydroxylation is 1. The van der Waals surface area contributed by atoms with Crippen molar-refractivity contribution in [3.05, 3.63) is 46.5 Å². The number of rotatable bonds is 4. The Morgan fingerprint density at radius 3 is 2.89 bits per heavy atom. The van der Waals surface area contributed by atoms with Gasteiger partial charge in [-0.15, -0.1) is 5.10 Å². The summed E-state index contributed by atoms with van der Waals surface area (Å²) in [6.45, 7) is 2.65. The Morgan fingerprint density at radius 1 is 1.50 bits per heavy atom. The van der Waals surface area contributed by atoms with E-state index in [2.05, 4.69) is 15.6 Å². The lowest BCUT2D eigenvalue weighted by atomic mass is 10.0. The highest BCUT2D eigenvalue weighted by atomic mass is 35.5. The molecule has 18 heavy (non-hydrogen) atoms. The molecule has 96 valence electrons. The minimum absolute atomic E-state index is 0.116. The molecule has 4 nitrogen and oxygen atoms in total. The van der Waals surface area contributed by atoms with E-state index >= 15 is 0 Å². The third kappa shape index (κ3) is 2.37. The smallest absolute Gasteiger partial charge is 0.146 e. The van der Waals surface area contributed by atoms with Crippen molar-refractivity contribution in [1.29, 1.82) is 0 Å². The van der Waals surface area contributed by atoms with Crippen molar-refractivity contribution in [3.63, 3.8) is 0 Å². The van der Waals surface area contributed by atoms with Crippen molar-refractivity contribution in [2.75, 3.05) is 6.54 Å². The maximum Gasteiger partial charge on any atom is 0.146 e. The fraction of sp³-hybridized carbons (Fsp3) is 0.333. The maximum absolute atomic E-state index is 14.1. The first-order chi connectivity index (χ1) is 8.65. The van der Waals surface area contributed by atoms with Gasteiger partial charge in [0.2, 0.25) is 0 Å². The number of hydrogen-bond donors (Lipinski definition) is 1. The molecule has 1 unspecified atom stereocenters. The number of benzene rings is 1. The molecule has 0 fully saturated rings. The van der Waals surface area contributed by atoms with E-state index < -0.39 is 5.82 Å². The second kappa shape index (κ2) is 5.46. The average Bonchev–Trinajstić information content (AvgIpc) is 2.76. The number of hydrogen-bond acceptors (Lipinski definition) is 3. The molecular weight excluding hydrogens is 255 g/mol. The molecule has 6 heteroatoms. The first-order valence-corrected chi connectivity index (χ1v) is 6.04. The van der Waals surface area contributed by atoms with Gasteiger partial charge >= 0.3 is 0 Å². The third-order valence-corrected chi connectivity index (χ3v) is 3.04. The number of nitrogens with one attached hydrogen (secondary N) is 1. The van der Waals surface area contributed by atoms with E-state index in [4.69, 9.17) is 11.6 Å². The Bertz CT molecular complexity index is 541. The molecule has 0 amide bonds. The molecule has 2 aromatic rings. The Kier molecular flexibility index (Phi) is 3.93. The SMILES string of the molecule is CCNC(c1cccc(Cl)c1F)c1cnnn1C. The van der Waals surface area contributed by atoms with Gasteiger partial charge in [-0.3, -0.25) is 4.68 Å². The van der Waals surface area contributed by atoms with E-state index in [0.29, 0.717) is 12.1 Å². The molecule has 0 bridgehead atoms. The lowest BCUT2D eigenvalue weighted by Gasteiger charge is -2.19. The fourth-order valence-electron chi connectivity index (χ4n) is 1.88. The van der Waals surface area contributed by atoms with Gasteiger partial charge in [-0.25, -0.2) is 4.39 Å². The van der Waals surface area contributed by atoms with Crippen LogP contribution in [0.15, 0.2) is 24.4 Å². The number of nitrogens with zero attached hydrogens (tertiary/aromatic N) is 3. The van der Waals surface area contributed by atoms with Crippen LogP contribution in [0.25, 0.3) is 0 Å². The highest BCUT2D eigenvalue weighted by Crippen LogP contribution is 2.27. The van der Waals surface area contributed by atoms with Crippen molar-refractivity contribution in [3.8, 4) is 0 Å². The molecule has 1 aromatic carbocycles. The van der Waals surface area contributed by atoms with E-state index in [0.717, 1.165) is 5.69 Å². The highest BCUT2D eigenvalue weighted by Gasteiger charge is 2.21. The largest absolute Gasteiger partial charge is 0.305 e. The molecule has 2 rings (SSSR count). The summed E-state index contributed by atoms with van der Waals surface area (Å²) in [6.07, 6.45) is 1.62. The van der Waals surface area contributed by atoms with Crippen LogP contribution < -0.4 is 5.32 Å². The summed E-state index contributed by atoms with van der Waals surface area (Å²) in [5, 5.41) is 11.0. The van der Waals surface area contributed by atoms with E-state index in [1.54, 1.807) is 30.1 Å².